The van der Waals surface area contributed by atoms with Crippen molar-refractivity contribution in [3.8, 4) is 11.3 Å². The smallest absolute Gasteiger partial charge is 0.231 e. The molecule has 7 nitrogen and oxygen atoms in total. The zero-order valence-corrected chi connectivity index (χ0v) is 14.4. The molecule has 7 heteroatoms. The van der Waals surface area contributed by atoms with E-state index < -0.39 is 0 Å². The Hall–Kier alpha value is -2.80. The summed E-state index contributed by atoms with van der Waals surface area (Å²) < 4.78 is 1.74. The predicted octanol–water partition coefficient (Wildman–Crippen LogP) is 2.13. The van der Waals surface area contributed by atoms with E-state index in [-0.39, 0.29) is 23.3 Å². The molecule has 0 atom stereocenters. The molecule has 26 heavy (non-hydrogen) atoms. The highest BCUT2D eigenvalue weighted by Gasteiger charge is 2.71. The number of anilines is 1. The van der Waals surface area contributed by atoms with Crippen LogP contribution in [0.15, 0.2) is 36.8 Å². The summed E-state index contributed by atoms with van der Waals surface area (Å²) in [7, 11) is 1.87. The first-order valence-corrected chi connectivity index (χ1v) is 8.69. The number of hydrogen-bond acceptors (Lipinski definition) is 5. The molecule has 0 aromatic carbocycles. The first-order chi connectivity index (χ1) is 12.5. The Morgan fingerprint density at radius 3 is 2.81 bits per heavy atom. The van der Waals surface area contributed by atoms with E-state index in [1.165, 1.54) is 0 Å². The molecule has 2 N–H and O–H groups in total. The predicted molar refractivity (Wildman–Crippen MR) is 96.2 cm³/mol. The number of nitrogens with one attached hydrogen (secondary N) is 1. The summed E-state index contributed by atoms with van der Waals surface area (Å²) in [5.41, 5.74) is 2.26. The van der Waals surface area contributed by atoms with Gasteiger partial charge in [0, 0.05) is 43.1 Å². The quantitative estimate of drug-likeness (QED) is 0.753. The molecule has 2 bridgehead atoms. The fourth-order valence-corrected chi connectivity index (χ4v) is 4.45. The van der Waals surface area contributed by atoms with Crippen LogP contribution in [0.3, 0.4) is 0 Å². The number of carbonyl (C=O) groups is 1. The van der Waals surface area contributed by atoms with Gasteiger partial charge in [-0.25, -0.2) is 9.97 Å². The minimum absolute atomic E-state index is 0.00286. The van der Waals surface area contributed by atoms with Crippen molar-refractivity contribution in [1.82, 2.24) is 19.7 Å². The van der Waals surface area contributed by atoms with Gasteiger partial charge in [-0.2, -0.15) is 5.10 Å². The molecular weight excluding hydrogens is 330 g/mol. The van der Waals surface area contributed by atoms with Crippen LogP contribution in [0.4, 0.5) is 5.82 Å². The van der Waals surface area contributed by atoms with Crippen molar-refractivity contribution in [2.24, 2.45) is 17.9 Å². The normalized spacial score (nSPS) is 26.2. The van der Waals surface area contributed by atoms with E-state index in [0.717, 1.165) is 41.4 Å². The molecule has 0 radical (unpaired) electrons. The van der Waals surface area contributed by atoms with Gasteiger partial charge in [0.1, 0.15) is 5.82 Å². The van der Waals surface area contributed by atoms with Crippen molar-refractivity contribution in [1.29, 1.82) is 0 Å². The molecule has 3 aliphatic carbocycles. The van der Waals surface area contributed by atoms with Crippen LogP contribution in [0, 0.1) is 10.8 Å². The number of carbonyl (C=O) groups excluding carboxylic acids is 1. The molecule has 1 amide bonds. The molecular formula is C19H19N5O2. The standard InChI is InChI=1S/C19H19N5O2/c1-24-7-13(6-21-24)14-3-2-12-5-20-16(4-15(12)22-14)23-17(26)19-8-18(9-19,10-19)11-25/h2-7,25H,8-11H2,1H3,(H,20,23,26). The topological polar surface area (TPSA) is 92.9 Å². The molecule has 3 saturated carbocycles. The number of pyridine rings is 2. The van der Waals surface area contributed by atoms with Crippen LogP contribution in [0.5, 0.6) is 0 Å². The molecule has 3 fully saturated rings. The maximum atomic E-state index is 12.6. The van der Waals surface area contributed by atoms with Gasteiger partial charge >= 0.3 is 0 Å². The summed E-state index contributed by atoms with van der Waals surface area (Å²) in [6.45, 7) is 0.178. The van der Waals surface area contributed by atoms with Gasteiger partial charge in [-0.05, 0) is 36.8 Å². The first kappa shape index (κ1) is 15.5. The Labute approximate surface area is 150 Å². The molecule has 0 aliphatic heterocycles. The molecule has 6 rings (SSSR count). The largest absolute Gasteiger partial charge is 0.396 e. The summed E-state index contributed by atoms with van der Waals surface area (Å²) in [6, 6.07) is 5.71. The lowest BCUT2D eigenvalue weighted by Crippen LogP contribution is -2.68. The van der Waals surface area contributed by atoms with E-state index in [1.54, 1.807) is 23.1 Å². The van der Waals surface area contributed by atoms with Gasteiger partial charge in [0.15, 0.2) is 0 Å². The van der Waals surface area contributed by atoms with Crippen LogP contribution in [-0.4, -0.2) is 37.4 Å². The number of amides is 1. The van der Waals surface area contributed by atoms with Crippen molar-refractivity contribution in [2.45, 2.75) is 19.3 Å². The van der Waals surface area contributed by atoms with Crippen molar-refractivity contribution in [3.63, 3.8) is 0 Å². The number of fused-ring (bicyclic) bond motifs is 1. The lowest BCUT2D eigenvalue weighted by atomic mass is 9.35. The lowest BCUT2D eigenvalue weighted by Gasteiger charge is -2.68. The van der Waals surface area contributed by atoms with Crippen molar-refractivity contribution in [2.75, 3.05) is 11.9 Å². The maximum Gasteiger partial charge on any atom is 0.231 e. The zero-order valence-electron chi connectivity index (χ0n) is 14.4. The molecule has 3 aromatic rings. The molecule has 3 aliphatic rings. The Morgan fingerprint density at radius 1 is 1.31 bits per heavy atom. The van der Waals surface area contributed by atoms with Crippen molar-refractivity contribution < 1.29 is 9.90 Å². The Kier molecular flexibility index (Phi) is 3.04. The third-order valence-electron chi connectivity index (χ3n) is 5.77. The average Bonchev–Trinajstić information content (AvgIpc) is 2.99. The second kappa shape index (κ2) is 5.11. The minimum atomic E-state index is -0.301. The third kappa shape index (κ3) is 2.17. The number of aromatic nitrogens is 4. The van der Waals surface area contributed by atoms with Crippen LogP contribution in [0.1, 0.15) is 19.3 Å². The van der Waals surface area contributed by atoms with Gasteiger partial charge in [-0.1, -0.05) is 0 Å². The summed E-state index contributed by atoms with van der Waals surface area (Å²) in [5, 5.41) is 17.4. The minimum Gasteiger partial charge on any atom is -0.396 e. The number of rotatable bonds is 4. The van der Waals surface area contributed by atoms with Crippen molar-refractivity contribution in [3.05, 3.63) is 36.8 Å². The van der Waals surface area contributed by atoms with Crippen molar-refractivity contribution >= 4 is 22.6 Å². The highest BCUT2D eigenvalue weighted by atomic mass is 16.3. The Bertz CT molecular complexity index is 1020. The number of aliphatic hydroxyl groups is 1. The molecule has 0 saturated heterocycles. The van der Waals surface area contributed by atoms with E-state index in [2.05, 4.69) is 20.4 Å². The first-order valence-electron chi connectivity index (χ1n) is 8.69. The number of aliphatic hydroxyl groups excluding tert-OH is 1. The van der Waals surface area contributed by atoms with Crippen LogP contribution < -0.4 is 5.32 Å². The van der Waals surface area contributed by atoms with Gasteiger partial charge in [-0.15, -0.1) is 0 Å². The van der Waals surface area contributed by atoms with Gasteiger partial charge in [-0.3, -0.25) is 9.48 Å². The van der Waals surface area contributed by atoms with E-state index in [4.69, 9.17) is 0 Å². The molecule has 0 spiro atoms. The van der Waals surface area contributed by atoms with Gasteiger partial charge in [0.05, 0.1) is 22.8 Å². The van der Waals surface area contributed by atoms with E-state index in [9.17, 15) is 9.90 Å². The maximum absolute atomic E-state index is 12.6. The molecule has 0 unspecified atom stereocenters. The second-order valence-corrected chi connectivity index (χ2v) is 7.78. The SMILES string of the molecule is Cn1cc(-c2ccc3cnc(NC(=O)C45CC(CO)(C4)C5)cc3n2)cn1. The molecule has 3 heterocycles. The van der Waals surface area contributed by atoms with Crippen LogP contribution >= 0.6 is 0 Å². The Morgan fingerprint density at radius 2 is 2.12 bits per heavy atom. The fraction of sp³-hybridized carbons (Fsp3) is 0.368. The number of hydrogen-bond donors (Lipinski definition) is 2. The fourth-order valence-electron chi connectivity index (χ4n) is 4.45. The molecule has 3 aromatic heterocycles. The van der Waals surface area contributed by atoms with Gasteiger partial charge < -0.3 is 10.4 Å². The highest BCUT2D eigenvalue weighted by molar-refractivity contribution is 5.98. The Balaban J connectivity index is 1.40. The third-order valence-corrected chi connectivity index (χ3v) is 5.77. The van der Waals surface area contributed by atoms with Crippen LogP contribution in [-0.2, 0) is 11.8 Å². The second-order valence-electron chi connectivity index (χ2n) is 7.78. The van der Waals surface area contributed by atoms with Gasteiger partial charge in [0.25, 0.3) is 0 Å². The summed E-state index contributed by atoms with van der Waals surface area (Å²) in [6.07, 6.45) is 7.75. The summed E-state index contributed by atoms with van der Waals surface area (Å²) in [5.74, 6) is 0.518. The molecule has 132 valence electrons. The summed E-state index contributed by atoms with van der Waals surface area (Å²) >= 11 is 0. The monoisotopic (exact) mass is 349 g/mol. The summed E-state index contributed by atoms with van der Waals surface area (Å²) in [4.78, 5) is 21.6. The van der Waals surface area contributed by atoms with Gasteiger partial charge in [0.2, 0.25) is 5.91 Å². The van der Waals surface area contributed by atoms with Crippen LogP contribution in [0.2, 0.25) is 0 Å². The highest BCUT2D eigenvalue weighted by Crippen LogP contribution is 2.73. The lowest BCUT2D eigenvalue weighted by molar-refractivity contribution is -0.216. The van der Waals surface area contributed by atoms with E-state index >= 15 is 0 Å². The van der Waals surface area contributed by atoms with E-state index in [1.807, 2.05) is 25.4 Å². The number of aryl methyl sites for hydroxylation is 1. The van der Waals surface area contributed by atoms with Crippen LogP contribution in [0.25, 0.3) is 22.2 Å². The van der Waals surface area contributed by atoms with E-state index in [0.29, 0.717) is 5.82 Å². The zero-order chi connectivity index (χ0) is 17.9. The average molecular weight is 349 g/mol. The number of nitrogens with zero attached hydrogens (tertiary/aromatic N) is 4.